The first-order valence-electron chi connectivity index (χ1n) is 7.95. The van der Waals surface area contributed by atoms with Crippen LogP contribution < -0.4 is 0 Å². The molecule has 0 aliphatic heterocycles. The Bertz CT molecular complexity index is 934. The van der Waals surface area contributed by atoms with Crippen LogP contribution in [-0.4, -0.2) is 24.0 Å². The fourth-order valence-electron chi connectivity index (χ4n) is 2.48. The minimum Gasteiger partial charge on any atom is -0.465 e. The van der Waals surface area contributed by atoms with Crippen molar-refractivity contribution in [3.05, 3.63) is 75.6 Å². The first kappa shape index (κ1) is 17.8. The van der Waals surface area contributed by atoms with Gasteiger partial charge in [-0.3, -0.25) is 0 Å². The highest BCUT2D eigenvalue weighted by molar-refractivity contribution is 7.14. The number of carbonyl (C=O) groups is 2. The van der Waals surface area contributed by atoms with Crippen molar-refractivity contribution in [3.63, 3.8) is 0 Å². The molecule has 132 valence electrons. The lowest BCUT2D eigenvalue weighted by atomic mass is 10.1. The van der Waals surface area contributed by atoms with Crippen LogP contribution in [0.5, 0.6) is 0 Å². The smallest absolute Gasteiger partial charge is 0.350 e. The van der Waals surface area contributed by atoms with Crippen LogP contribution in [0, 0.1) is 6.92 Å². The molecule has 1 heterocycles. The van der Waals surface area contributed by atoms with Crippen LogP contribution in [0.2, 0.25) is 0 Å². The van der Waals surface area contributed by atoms with Crippen molar-refractivity contribution in [1.82, 2.24) is 4.98 Å². The van der Waals surface area contributed by atoms with E-state index in [2.05, 4.69) is 4.98 Å². The maximum absolute atomic E-state index is 12.6. The van der Waals surface area contributed by atoms with Crippen molar-refractivity contribution >= 4 is 23.3 Å². The highest BCUT2D eigenvalue weighted by Crippen LogP contribution is 2.28. The molecule has 0 bridgehead atoms. The third-order valence-corrected chi connectivity index (χ3v) is 4.64. The van der Waals surface area contributed by atoms with Gasteiger partial charge >= 0.3 is 11.9 Å². The number of aromatic nitrogens is 1. The molecule has 0 spiro atoms. The fraction of sp³-hybridized carbons (Fsp3) is 0.150. The average Bonchev–Trinajstić information content (AvgIpc) is 3.08. The van der Waals surface area contributed by atoms with Gasteiger partial charge < -0.3 is 9.47 Å². The van der Waals surface area contributed by atoms with E-state index >= 15 is 0 Å². The maximum atomic E-state index is 12.6. The number of nitrogens with zero attached hydrogens (tertiary/aromatic N) is 1. The summed E-state index contributed by atoms with van der Waals surface area (Å²) in [4.78, 5) is 29.1. The predicted octanol–water partition coefficient (Wildman–Crippen LogP) is 4.26. The van der Waals surface area contributed by atoms with Gasteiger partial charge in [0.25, 0.3) is 0 Å². The van der Waals surface area contributed by atoms with Crippen molar-refractivity contribution in [1.29, 1.82) is 0 Å². The van der Waals surface area contributed by atoms with Gasteiger partial charge in [0.1, 0.15) is 11.5 Å². The maximum Gasteiger partial charge on any atom is 0.350 e. The summed E-state index contributed by atoms with van der Waals surface area (Å²) in [5.74, 6) is -0.861. The van der Waals surface area contributed by atoms with E-state index < -0.39 is 11.9 Å². The molecule has 6 heteroatoms. The molecular formula is C20H17NO4S. The minimum absolute atomic E-state index is 0.0643. The summed E-state index contributed by atoms with van der Waals surface area (Å²) < 4.78 is 10.1. The molecule has 0 saturated heterocycles. The molecule has 0 fully saturated rings. The molecule has 0 aliphatic rings. The highest BCUT2D eigenvalue weighted by atomic mass is 32.1. The second-order valence-electron chi connectivity index (χ2n) is 5.54. The monoisotopic (exact) mass is 367 g/mol. The summed E-state index contributed by atoms with van der Waals surface area (Å²) in [5.41, 5.74) is 2.63. The summed E-state index contributed by atoms with van der Waals surface area (Å²) in [6, 6.07) is 16.3. The predicted molar refractivity (Wildman–Crippen MR) is 99.2 cm³/mol. The summed E-state index contributed by atoms with van der Waals surface area (Å²) >= 11 is 1.30. The summed E-state index contributed by atoms with van der Waals surface area (Å²) in [5, 5.41) is 0.795. The Labute approximate surface area is 155 Å². The van der Waals surface area contributed by atoms with E-state index in [0.29, 0.717) is 21.7 Å². The van der Waals surface area contributed by atoms with Crippen molar-refractivity contribution in [2.24, 2.45) is 0 Å². The molecular weight excluding hydrogens is 350 g/mol. The first-order chi connectivity index (χ1) is 12.6. The van der Waals surface area contributed by atoms with Crippen LogP contribution in [0.3, 0.4) is 0 Å². The molecule has 3 aromatic rings. The molecule has 0 amide bonds. The van der Waals surface area contributed by atoms with Crippen molar-refractivity contribution in [2.75, 3.05) is 7.11 Å². The number of benzene rings is 2. The molecule has 2 aromatic carbocycles. The van der Waals surface area contributed by atoms with Gasteiger partial charge in [0, 0.05) is 5.56 Å². The second-order valence-corrected chi connectivity index (χ2v) is 6.75. The van der Waals surface area contributed by atoms with Gasteiger partial charge in [-0.2, -0.15) is 0 Å². The summed E-state index contributed by atoms with van der Waals surface area (Å²) in [7, 11) is 1.33. The standard InChI is InChI=1S/C20H17NO4S/c1-13-21-17(15-8-4-3-5-9-15)18(26-13)20(23)25-12-14-7-6-10-16(11-14)19(22)24-2/h3-11H,12H2,1-2H3. The number of thiazole rings is 1. The number of rotatable bonds is 5. The van der Waals surface area contributed by atoms with Crippen molar-refractivity contribution in [3.8, 4) is 11.3 Å². The number of hydrogen-bond acceptors (Lipinski definition) is 6. The zero-order chi connectivity index (χ0) is 18.5. The molecule has 0 atom stereocenters. The Morgan fingerprint density at radius 3 is 2.54 bits per heavy atom. The molecule has 26 heavy (non-hydrogen) atoms. The molecule has 0 saturated carbocycles. The van der Waals surface area contributed by atoms with E-state index in [1.165, 1.54) is 18.4 Å². The summed E-state index contributed by atoms with van der Waals surface area (Å²) in [6.07, 6.45) is 0. The Kier molecular flexibility index (Phi) is 5.43. The van der Waals surface area contributed by atoms with Crippen LogP contribution in [0.4, 0.5) is 0 Å². The van der Waals surface area contributed by atoms with Gasteiger partial charge in [-0.05, 0) is 24.6 Å². The highest BCUT2D eigenvalue weighted by Gasteiger charge is 2.19. The van der Waals surface area contributed by atoms with Gasteiger partial charge in [0.2, 0.25) is 0 Å². The number of hydrogen-bond donors (Lipinski definition) is 0. The van der Waals surface area contributed by atoms with Gasteiger partial charge in [-0.15, -0.1) is 11.3 Å². The largest absolute Gasteiger partial charge is 0.465 e. The van der Waals surface area contributed by atoms with Gasteiger partial charge in [0.05, 0.1) is 23.4 Å². The van der Waals surface area contributed by atoms with Crippen molar-refractivity contribution < 1.29 is 19.1 Å². The van der Waals surface area contributed by atoms with Crippen LogP contribution in [0.25, 0.3) is 11.3 Å². The van der Waals surface area contributed by atoms with Crippen LogP contribution >= 0.6 is 11.3 Å². The Morgan fingerprint density at radius 2 is 1.81 bits per heavy atom. The Hall–Kier alpha value is -2.99. The van der Waals surface area contributed by atoms with Crippen LogP contribution in [0.1, 0.15) is 30.6 Å². The lowest BCUT2D eigenvalue weighted by Crippen LogP contribution is -2.06. The zero-order valence-corrected chi connectivity index (χ0v) is 15.2. The lowest BCUT2D eigenvalue weighted by Gasteiger charge is -2.06. The van der Waals surface area contributed by atoms with E-state index in [1.54, 1.807) is 24.3 Å². The van der Waals surface area contributed by atoms with E-state index in [0.717, 1.165) is 10.6 Å². The molecule has 3 rings (SSSR count). The lowest BCUT2D eigenvalue weighted by molar-refractivity contribution is 0.0479. The normalized spacial score (nSPS) is 10.4. The summed E-state index contributed by atoms with van der Waals surface area (Å²) in [6.45, 7) is 1.92. The molecule has 5 nitrogen and oxygen atoms in total. The number of esters is 2. The van der Waals surface area contributed by atoms with Crippen molar-refractivity contribution in [2.45, 2.75) is 13.5 Å². The van der Waals surface area contributed by atoms with E-state index in [4.69, 9.17) is 9.47 Å². The number of ether oxygens (including phenoxy) is 2. The molecule has 0 N–H and O–H groups in total. The van der Waals surface area contributed by atoms with Gasteiger partial charge in [-0.25, -0.2) is 14.6 Å². The first-order valence-corrected chi connectivity index (χ1v) is 8.77. The van der Waals surface area contributed by atoms with Gasteiger partial charge in [-0.1, -0.05) is 42.5 Å². The minimum atomic E-state index is -0.432. The van der Waals surface area contributed by atoms with E-state index in [-0.39, 0.29) is 6.61 Å². The second kappa shape index (κ2) is 7.93. The number of methoxy groups -OCH3 is 1. The zero-order valence-electron chi connectivity index (χ0n) is 14.4. The molecule has 0 aliphatic carbocycles. The molecule has 0 radical (unpaired) electrons. The Morgan fingerprint density at radius 1 is 1.04 bits per heavy atom. The third kappa shape index (κ3) is 3.97. The Balaban J connectivity index is 1.77. The number of carbonyl (C=O) groups excluding carboxylic acids is 2. The fourth-order valence-corrected chi connectivity index (χ4v) is 3.31. The SMILES string of the molecule is COC(=O)c1cccc(COC(=O)c2sc(C)nc2-c2ccccc2)c1. The van der Waals surface area contributed by atoms with Crippen LogP contribution in [0.15, 0.2) is 54.6 Å². The quantitative estimate of drug-likeness (QED) is 0.630. The van der Waals surface area contributed by atoms with Crippen LogP contribution in [-0.2, 0) is 16.1 Å². The molecule has 1 aromatic heterocycles. The molecule has 0 unspecified atom stereocenters. The van der Waals surface area contributed by atoms with E-state index in [1.807, 2.05) is 37.3 Å². The number of aryl methyl sites for hydroxylation is 1. The third-order valence-electron chi connectivity index (χ3n) is 3.68. The average molecular weight is 367 g/mol. The van der Waals surface area contributed by atoms with E-state index in [9.17, 15) is 9.59 Å². The topological polar surface area (TPSA) is 65.5 Å². The van der Waals surface area contributed by atoms with Gasteiger partial charge in [0.15, 0.2) is 0 Å².